The molecule has 1 fully saturated rings. The summed E-state index contributed by atoms with van der Waals surface area (Å²) in [4.78, 5) is 0. The van der Waals surface area contributed by atoms with Gasteiger partial charge in [-0.15, -0.1) is 0 Å². The molecule has 4 nitrogen and oxygen atoms in total. The second-order valence-corrected chi connectivity index (χ2v) is 5.39. The predicted molar refractivity (Wildman–Crippen MR) is 95.5 cm³/mol. The van der Waals surface area contributed by atoms with Crippen molar-refractivity contribution in [2.45, 2.75) is 19.4 Å². The number of rotatable bonds is 7. The Labute approximate surface area is 133 Å². The first-order valence-corrected chi connectivity index (χ1v) is 7.70. The lowest BCUT2D eigenvalue weighted by Gasteiger charge is -2.17. The molecule has 0 radical (unpaired) electrons. The molecule has 1 heterocycles. The van der Waals surface area contributed by atoms with Crippen molar-refractivity contribution in [3.63, 3.8) is 0 Å². The highest BCUT2D eigenvalue weighted by molar-refractivity contribution is 5.74. The lowest BCUT2D eigenvalue weighted by atomic mass is 10.1. The number of hydrogen-bond donors (Lipinski definition) is 4. The van der Waals surface area contributed by atoms with E-state index in [1.165, 1.54) is 5.56 Å². The second-order valence-electron chi connectivity index (χ2n) is 5.39. The van der Waals surface area contributed by atoms with Crippen LogP contribution in [0.3, 0.4) is 0 Å². The van der Waals surface area contributed by atoms with Crippen LogP contribution in [0.4, 0.5) is 5.69 Å². The van der Waals surface area contributed by atoms with Crippen molar-refractivity contribution in [3.8, 4) is 0 Å². The molecule has 0 bridgehead atoms. The monoisotopic (exact) mass is 298 g/mol. The van der Waals surface area contributed by atoms with Crippen molar-refractivity contribution in [1.29, 1.82) is 0 Å². The zero-order chi connectivity index (χ0) is 15.9. The molecular formula is C18H26N4. The van der Waals surface area contributed by atoms with Gasteiger partial charge in [0.2, 0.25) is 0 Å². The van der Waals surface area contributed by atoms with E-state index >= 15 is 0 Å². The summed E-state index contributed by atoms with van der Waals surface area (Å²) in [5, 5.41) is 13.4. The minimum Gasteiger partial charge on any atom is -0.388 e. The molecule has 0 amide bonds. The quantitative estimate of drug-likeness (QED) is 0.585. The molecule has 1 atom stereocenters. The zero-order valence-electron chi connectivity index (χ0n) is 13.5. The first-order valence-electron chi connectivity index (χ1n) is 7.70. The van der Waals surface area contributed by atoms with Gasteiger partial charge in [0.15, 0.2) is 0 Å². The van der Waals surface area contributed by atoms with Crippen LogP contribution in [0.5, 0.6) is 0 Å². The number of anilines is 1. The van der Waals surface area contributed by atoms with Crippen molar-refractivity contribution < 1.29 is 0 Å². The minimum absolute atomic E-state index is 0.285. The number of allylic oxidation sites excluding steroid dienone is 1. The standard InChI is InChI=1S/C18H26N4/c1-5-16(15-8-6-7-9-17(15)19-4)20-10-11-21-18-12-13(2)22-14(18)3/h5-9,18-22H,2-3,10-12H2,1,4H3/b16-5+. The summed E-state index contributed by atoms with van der Waals surface area (Å²) in [6.45, 7) is 11.7. The van der Waals surface area contributed by atoms with Gasteiger partial charge in [-0.2, -0.15) is 0 Å². The van der Waals surface area contributed by atoms with E-state index in [9.17, 15) is 0 Å². The molecule has 4 heteroatoms. The lowest BCUT2D eigenvalue weighted by molar-refractivity contribution is 0.586. The molecule has 0 saturated carbocycles. The smallest absolute Gasteiger partial charge is 0.0522 e. The number of nitrogens with one attached hydrogen (secondary N) is 4. The van der Waals surface area contributed by atoms with E-state index < -0.39 is 0 Å². The normalized spacial score (nSPS) is 18.3. The van der Waals surface area contributed by atoms with Crippen LogP contribution in [0.2, 0.25) is 0 Å². The van der Waals surface area contributed by atoms with Gasteiger partial charge < -0.3 is 21.3 Å². The second kappa shape index (κ2) is 7.71. The van der Waals surface area contributed by atoms with Crippen LogP contribution in [0.25, 0.3) is 5.70 Å². The molecule has 1 aliphatic rings. The van der Waals surface area contributed by atoms with Gasteiger partial charge in [0.05, 0.1) is 6.04 Å². The molecular weight excluding hydrogens is 272 g/mol. The Morgan fingerprint density at radius 3 is 2.73 bits per heavy atom. The summed E-state index contributed by atoms with van der Waals surface area (Å²) in [6, 6.07) is 8.58. The largest absolute Gasteiger partial charge is 0.388 e. The molecule has 22 heavy (non-hydrogen) atoms. The topological polar surface area (TPSA) is 48.1 Å². The first kappa shape index (κ1) is 16.2. The number of para-hydroxylation sites is 1. The highest BCUT2D eigenvalue weighted by Crippen LogP contribution is 2.21. The maximum atomic E-state index is 4.01. The van der Waals surface area contributed by atoms with Gasteiger partial charge >= 0.3 is 0 Å². The van der Waals surface area contributed by atoms with Crippen LogP contribution in [0.1, 0.15) is 18.9 Å². The van der Waals surface area contributed by atoms with Crippen molar-refractivity contribution >= 4 is 11.4 Å². The van der Waals surface area contributed by atoms with E-state index in [4.69, 9.17) is 0 Å². The Kier molecular flexibility index (Phi) is 5.67. The van der Waals surface area contributed by atoms with Crippen LogP contribution in [-0.4, -0.2) is 26.2 Å². The Hall–Kier alpha value is -2.20. The van der Waals surface area contributed by atoms with Crippen LogP contribution in [0, 0.1) is 0 Å². The van der Waals surface area contributed by atoms with Crippen molar-refractivity contribution in [2.24, 2.45) is 0 Å². The maximum Gasteiger partial charge on any atom is 0.0522 e. The van der Waals surface area contributed by atoms with Crippen LogP contribution < -0.4 is 21.3 Å². The number of benzene rings is 1. The third-order valence-electron chi connectivity index (χ3n) is 3.81. The fraction of sp³-hybridized carbons (Fsp3) is 0.333. The lowest BCUT2D eigenvalue weighted by Crippen LogP contribution is -2.34. The summed E-state index contributed by atoms with van der Waals surface area (Å²) >= 11 is 0. The first-order chi connectivity index (χ1) is 10.7. The Morgan fingerprint density at radius 2 is 2.09 bits per heavy atom. The van der Waals surface area contributed by atoms with Gasteiger partial charge in [-0.1, -0.05) is 37.4 Å². The van der Waals surface area contributed by atoms with E-state index in [0.29, 0.717) is 0 Å². The Balaban J connectivity index is 1.85. The fourth-order valence-electron chi connectivity index (χ4n) is 2.66. The molecule has 4 N–H and O–H groups in total. The van der Waals surface area contributed by atoms with E-state index in [-0.39, 0.29) is 6.04 Å². The summed E-state index contributed by atoms with van der Waals surface area (Å²) in [5.41, 5.74) is 5.50. The number of hydrogen-bond acceptors (Lipinski definition) is 4. The minimum atomic E-state index is 0.285. The third-order valence-corrected chi connectivity index (χ3v) is 3.81. The van der Waals surface area contributed by atoms with Crippen LogP contribution in [-0.2, 0) is 0 Å². The van der Waals surface area contributed by atoms with Gasteiger partial charge in [-0.05, 0) is 13.0 Å². The Morgan fingerprint density at radius 1 is 1.32 bits per heavy atom. The molecule has 1 aromatic rings. The maximum absolute atomic E-state index is 4.01. The van der Waals surface area contributed by atoms with Crippen LogP contribution in [0.15, 0.2) is 54.9 Å². The summed E-state index contributed by atoms with van der Waals surface area (Å²) in [5.74, 6) is 0. The average molecular weight is 298 g/mol. The molecule has 1 unspecified atom stereocenters. The van der Waals surface area contributed by atoms with E-state index in [0.717, 1.165) is 42.3 Å². The molecule has 0 aliphatic carbocycles. The predicted octanol–water partition coefficient (Wildman–Crippen LogP) is 2.66. The highest BCUT2D eigenvalue weighted by atomic mass is 15.1. The third kappa shape index (κ3) is 3.92. The highest BCUT2D eigenvalue weighted by Gasteiger charge is 2.20. The summed E-state index contributed by atoms with van der Waals surface area (Å²) < 4.78 is 0. The molecule has 0 spiro atoms. The van der Waals surface area contributed by atoms with Gasteiger partial charge in [-0.25, -0.2) is 0 Å². The van der Waals surface area contributed by atoms with Gasteiger partial charge in [0.1, 0.15) is 0 Å². The van der Waals surface area contributed by atoms with E-state index in [2.05, 4.69) is 65.6 Å². The molecule has 0 aromatic heterocycles. The van der Waals surface area contributed by atoms with Gasteiger partial charge in [-0.3, -0.25) is 0 Å². The molecule has 1 saturated heterocycles. The molecule has 2 rings (SSSR count). The van der Waals surface area contributed by atoms with Gasteiger partial charge in [0, 0.05) is 54.9 Å². The van der Waals surface area contributed by atoms with E-state index in [1.807, 2.05) is 13.1 Å². The van der Waals surface area contributed by atoms with Crippen LogP contribution >= 0.6 is 0 Å². The van der Waals surface area contributed by atoms with Crippen molar-refractivity contribution in [2.75, 3.05) is 25.5 Å². The van der Waals surface area contributed by atoms with E-state index in [1.54, 1.807) is 0 Å². The average Bonchev–Trinajstić information content (AvgIpc) is 2.85. The fourth-order valence-corrected chi connectivity index (χ4v) is 2.66. The SMILES string of the molecule is C=C1CC(NCCN/C(=C/C)c2ccccc2NC)C(=C)N1. The van der Waals surface area contributed by atoms with Crippen molar-refractivity contribution in [1.82, 2.24) is 16.0 Å². The molecule has 118 valence electrons. The molecule has 1 aliphatic heterocycles. The van der Waals surface area contributed by atoms with Gasteiger partial charge in [0.25, 0.3) is 0 Å². The molecule has 1 aromatic carbocycles. The summed E-state index contributed by atoms with van der Waals surface area (Å²) in [6.07, 6.45) is 3.02. The summed E-state index contributed by atoms with van der Waals surface area (Å²) in [7, 11) is 1.94. The zero-order valence-corrected chi connectivity index (χ0v) is 13.5. The van der Waals surface area contributed by atoms with Crippen molar-refractivity contribution in [3.05, 3.63) is 60.5 Å². The Bertz CT molecular complexity index is 574.